The van der Waals surface area contributed by atoms with E-state index in [0.717, 1.165) is 12.3 Å². The summed E-state index contributed by atoms with van der Waals surface area (Å²) < 4.78 is 0. The summed E-state index contributed by atoms with van der Waals surface area (Å²) in [5.74, 6) is -0.308. The van der Waals surface area contributed by atoms with Gasteiger partial charge in [0, 0.05) is 6.07 Å². The van der Waals surface area contributed by atoms with Crippen molar-refractivity contribution in [3.63, 3.8) is 0 Å². The number of aliphatic hydroxyl groups is 1. The maximum absolute atomic E-state index is 12.0. The summed E-state index contributed by atoms with van der Waals surface area (Å²) in [5.41, 5.74) is -0.396. The molecule has 1 rings (SSSR count). The highest BCUT2D eigenvalue weighted by molar-refractivity contribution is 6.32. The van der Waals surface area contributed by atoms with Crippen LogP contribution in [-0.2, 0) is 0 Å². The minimum absolute atomic E-state index is 0.0805. The summed E-state index contributed by atoms with van der Waals surface area (Å²) in [4.78, 5) is 25.6. The van der Waals surface area contributed by atoms with Gasteiger partial charge < -0.3 is 10.4 Å². The maximum Gasteiger partial charge on any atom is 0.288 e. The molecule has 0 radical (unpaired) electrons. The first-order chi connectivity index (χ1) is 9.35. The van der Waals surface area contributed by atoms with Crippen LogP contribution in [0.4, 0.5) is 5.69 Å². The number of aliphatic hydroxyl groups excluding tert-OH is 1. The van der Waals surface area contributed by atoms with Crippen molar-refractivity contribution in [1.82, 2.24) is 10.3 Å². The highest BCUT2D eigenvalue weighted by Gasteiger charge is 2.20. The predicted molar refractivity (Wildman–Crippen MR) is 73.7 cm³/mol. The molecule has 1 amide bonds. The number of halogens is 1. The standard InChI is InChI=1S/C12H16ClN3O4/c1-7(2)3-8(6-17)15-12(18)10-4-9(16(19)20)5-14-11(10)13/h4-5,7-8,17H,3,6H2,1-2H3,(H,15,18). The molecular formula is C12H16ClN3O4. The molecule has 0 fully saturated rings. The molecule has 7 nitrogen and oxygen atoms in total. The van der Waals surface area contributed by atoms with Gasteiger partial charge in [-0.25, -0.2) is 4.98 Å². The number of aromatic nitrogens is 1. The first kappa shape index (κ1) is 16.3. The van der Waals surface area contributed by atoms with Crippen molar-refractivity contribution in [3.8, 4) is 0 Å². The molecule has 0 aromatic carbocycles. The van der Waals surface area contributed by atoms with Crippen LogP contribution >= 0.6 is 11.6 Å². The lowest BCUT2D eigenvalue weighted by Gasteiger charge is -2.18. The molecule has 1 aromatic heterocycles. The molecule has 20 heavy (non-hydrogen) atoms. The Balaban J connectivity index is 2.91. The third-order valence-corrected chi connectivity index (χ3v) is 2.89. The zero-order chi connectivity index (χ0) is 15.3. The zero-order valence-corrected chi connectivity index (χ0v) is 11.9. The van der Waals surface area contributed by atoms with Gasteiger partial charge in [0.2, 0.25) is 0 Å². The van der Waals surface area contributed by atoms with Gasteiger partial charge in [-0.05, 0) is 12.3 Å². The molecule has 1 unspecified atom stereocenters. The molecule has 0 bridgehead atoms. The summed E-state index contributed by atoms with van der Waals surface area (Å²) in [7, 11) is 0. The molecule has 2 N–H and O–H groups in total. The number of nitrogens with zero attached hydrogens (tertiary/aromatic N) is 2. The lowest BCUT2D eigenvalue weighted by Crippen LogP contribution is -2.38. The van der Waals surface area contributed by atoms with Crippen molar-refractivity contribution < 1.29 is 14.8 Å². The van der Waals surface area contributed by atoms with Gasteiger partial charge in [-0.15, -0.1) is 0 Å². The van der Waals surface area contributed by atoms with Gasteiger partial charge in [-0.2, -0.15) is 0 Å². The lowest BCUT2D eigenvalue weighted by atomic mass is 10.0. The number of hydrogen-bond donors (Lipinski definition) is 2. The smallest absolute Gasteiger partial charge is 0.288 e. The fourth-order valence-corrected chi connectivity index (χ4v) is 1.90. The topological polar surface area (TPSA) is 105 Å². The fraction of sp³-hybridized carbons (Fsp3) is 0.500. The van der Waals surface area contributed by atoms with E-state index in [2.05, 4.69) is 10.3 Å². The van der Waals surface area contributed by atoms with Gasteiger partial charge in [0.25, 0.3) is 11.6 Å². The third kappa shape index (κ3) is 4.43. The number of nitrogens with one attached hydrogen (secondary N) is 1. The van der Waals surface area contributed by atoms with Crippen molar-refractivity contribution in [2.45, 2.75) is 26.3 Å². The SMILES string of the molecule is CC(C)CC(CO)NC(=O)c1cc([N+](=O)[O-])cnc1Cl. The van der Waals surface area contributed by atoms with Crippen LogP contribution in [0.3, 0.4) is 0 Å². The monoisotopic (exact) mass is 301 g/mol. The molecule has 0 aliphatic carbocycles. The summed E-state index contributed by atoms with van der Waals surface area (Å²) in [6.45, 7) is 3.69. The Labute approximate surface area is 121 Å². The fourth-order valence-electron chi connectivity index (χ4n) is 1.71. The normalized spacial score (nSPS) is 12.2. The maximum atomic E-state index is 12.0. The Morgan fingerprint density at radius 1 is 1.60 bits per heavy atom. The van der Waals surface area contributed by atoms with Crippen LogP contribution in [0.2, 0.25) is 5.15 Å². The van der Waals surface area contributed by atoms with Crippen molar-refractivity contribution in [2.24, 2.45) is 5.92 Å². The largest absolute Gasteiger partial charge is 0.394 e. The summed E-state index contributed by atoms with van der Waals surface area (Å²) >= 11 is 5.77. The second-order valence-corrected chi connectivity index (χ2v) is 5.13. The van der Waals surface area contributed by atoms with E-state index in [1.807, 2.05) is 13.8 Å². The average molecular weight is 302 g/mol. The summed E-state index contributed by atoms with van der Waals surface area (Å²) in [6, 6.07) is 0.631. The quantitative estimate of drug-likeness (QED) is 0.473. The Hall–Kier alpha value is -1.73. The Kier molecular flexibility index (Phi) is 5.84. The Morgan fingerprint density at radius 2 is 2.25 bits per heavy atom. The van der Waals surface area contributed by atoms with Gasteiger partial charge in [-0.3, -0.25) is 14.9 Å². The number of hydrogen-bond acceptors (Lipinski definition) is 5. The van der Waals surface area contributed by atoms with Gasteiger partial charge in [-0.1, -0.05) is 25.4 Å². The van der Waals surface area contributed by atoms with E-state index in [1.54, 1.807) is 0 Å². The van der Waals surface area contributed by atoms with Crippen molar-refractivity contribution in [1.29, 1.82) is 0 Å². The Morgan fingerprint density at radius 3 is 2.75 bits per heavy atom. The van der Waals surface area contributed by atoms with E-state index in [1.165, 1.54) is 0 Å². The minimum atomic E-state index is -0.655. The molecule has 0 aliphatic heterocycles. The van der Waals surface area contributed by atoms with Crippen molar-refractivity contribution >= 4 is 23.2 Å². The number of rotatable bonds is 6. The average Bonchev–Trinajstić information content (AvgIpc) is 2.37. The van der Waals surface area contributed by atoms with E-state index in [9.17, 15) is 20.0 Å². The van der Waals surface area contributed by atoms with E-state index < -0.39 is 16.9 Å². The molecule has 0 spiro atoms. The van der Waals surface area contributed by atoms with E-state index in [4.69, 9.17) is 11.6 Å². The molecular weight excluding hydrogens is 286 g/mol. The second-order valence-electron chi connectivity index (χ2n) is 4.77. The van der Waals surface area contributed by atoms with Crippen LogP contribution in [0, 0.1) is 16.0 Å². The highest BCUT2D eigenvalue weighted by Crippen LogP contribution is 2.19. The van der Waals surface area contributed by atoms with Crippen LogP contribution in [0.25, 0.3) is 0 Å². The number of nitro groups is 1. The third-order valence-electron chi connectivity index (χ3n) is 2.59. The highest BCUT2D eigenvalue weighted by atomic mass is 35.5. The van der Waals surface area contributed by atoms with Crippen molar-refractivity contribution in [2.75, 3.05) is 6.61 Å². The molecule has 1 heterocycles. The number of carbonyl (C=O) groups is 1. The van der Waals surface area contributed by atoms with Gasteiger partial charge in [0.1, 0.15) is 11.3 Å². The van der Waals surface area contributed by atoms with E-state index in [0.29, 0.717) is 6.42 Å². The van der Waals surface area contributed by atoms with E-state index >= 15 is 0 Å². The van der Waals surface area contributed by atoms with Crippen molar-refractivity contribution in [3.05, 3.63) is 33.1 Å². The molecule has 0 aliphatic rings. The Bertz CT molecular complexity index is 507. The number of carbonyl (C=O) groups excluding carboxylic acids is 1. The summed E-state index contributed by atoms with van der Waals surface area (Å²) in [6.07, 6.45) is 1.57. The zero-order valence-electron chi connectivity index (χ0n) is 11.2. The van der Waals surface area contributed by atoms with Crippen LogP contribution in [-0.4, -0.2) is 33.6 Å². The molecule has 8 heteroatoms. The van der Waals surface area contributed by atoms with Crippen LogP contribution in [0.15, 0.2) is 12.3 Å². The summed E-state index contributed by atoms with van der Waals surface area (Å²) in [5, 5.41) is 22.3. The van der Waals surface area contributed by atoms with Crippen LogP contribution in [0.5, 0.6) is 0 Å². The second kappa shape index (κ2) is 7.16. The molecule has 1 atom stereocenters. The van der Waals surface area contributed by atoms with Gasteiger partial charge >= 0.3 is 0 Å². The first-order valence-electron chi connectivity index (χ1n) is 6.06. The first-order valence-corrected chi connectivity index (χ1v) is 6.44. The minimum Gasteiger partial charge on any atom is -0.394 e. The lowest BCUT2D eigenvalue weighted by molar-refractivity contribution is -0.385. The molecule has 1 aromatic rings. The van der Waals surface area contributed by atoms with Gasteiger partial charge in [0.15, 0.2) is 0 Å². The predicted octanol–water partition coefficient (Wildman–Crippen LogP) is 1.78. The number of pyridine rings is 1. The molecule has 0 saturated carbocycles. The van der Waals surface area contributed by atoms with E-state index in [-0.39, 0.29) is 28.9 Å². The van der Waals surface area contributed by atoms with Gasteiger partial charge in [0.05, 0.1) is 23.1 Å². The van der Waals surface area contributed by atoms with Crippen LogP contribution in [0.1, 0.15) is 30.6 Å². The number of amides is 1. The molecule has 110 valence electrons. The van der Waals surface area contributed by atoms with Crippen LogP contribution < -0.4 is 5.32 Å². The molecule has 0 saturated heterocycles.